The SMILES string of the molecule is CCNCC1(CCOC(C)C)CC1. The normalized spacial score (nSPS) is 19.4. The first-order chi connectivity index (χ1) is 6.18. The quantitative estimate of drug-likeness (QED) is 0.656. The molecule has 0 aliphatic heterocycles. The highest BCUT2D eigenvalue weighted by atomic mass is 16.5. The molecule has 0 unspecified atom stereocenters. The van der Waals surface area contributed by atoms with Crippen molar-refractivity contribution < 1.29 is 4.74 Å². The first-order valence-corrected chi connectivity index (χ1v) is 5.51. The minimum atomic E-state index is 0.384. The maximum atomic E-state index is 5.57. The number of hydrogen-bond donors (Lipinski definition) is 1. The maximum absolute atomic E-state index is 5.57. The monoisotopic (exact) mass is 185 g/mol. The molecule has 2 nitrogen and oxygen atoms in total. The van der Waals surface area contributed by atoms with E-state index >= 15 is 0 Å². The first-order valence-electron chi connectivity index (χ1n) is 5.51. The van der Waals surface area contributed by atoms with Crippen LogP contribution in [-0.4, -0.2) is 25.8 Å². The van der Waals surface area contributed by atoms with Crippen LogP contribution >= 0.6 is 0 Å². The molecule has 0 bridgehead atoms. The van der Waals surface area contributed by atoms with E-state index in [2.05, 4.69) is 26.1 Å². The zero-order chi connectivity index (χ0) is 9.73. The van der Waals surface area contributed by atoms with Crippen molar-refractivity contribution >= 4 is 0 Å². The van der Waals surface area contributed by atoms with Crippen LogP contribution in [0.25, 0.3) is 0 Å². The largest absolute Gasteiger partial charge is 0.379 e. The van der Waals surface area contributed by atoms with Crippen molar-refractivity contribution in [2.24, 2.45) is 5.41 Å². The summed E-state index contributed by atoms with van der Waals surface area (Å²) in [5.74, 6) is 0. The fourth-order valence-corrected chi connectivity index (χ4v) is 1.59. The molecule has 1 rings (SSSR count). The van der Waals surface area contributed by atoms with Gasteiger partial charge in [0.15, 0.2) is 0 Å². The topological polar surface area (TPSA) is 21.3 Å². The average molecular weight is 185 g/mol. The van der Waals surface area contributed by atoms with E-state index in [0.717, 1.165) is 13.2 Å². The molecule has 1 aliphatic rings. The van der Waals surface area contributed by atoms with E-state index in [4.69, 9.17) is 4.74 Å². The second kappa shape index (κ2) is 4.97. The number of hydrogen-bond acceptors (Lipinski definition) is 2. The fraction of sp³-hybridized carbons (Fsp3) is 1.00. The van der Waals surface area contributed by atoms with E-state index in [9.17, 15) is 0 Å². The molecule has 0 atom stereocenters. The molecular weight excluding hydrogens is 162 g/mol. The van der Waals surface area contributed by atoms with Gasteiger partial charge in [0.2, 0.25) is 0 Å². The predicted octanol–water partition coefficient (Wildman–Crippen LogP) is 2.19. The first kappa shape index (κ1) is 11.0. The van der Waals surface area contributed by atoms with Crippen LogP contribution in [0.3, 0.4) is 0 Å². The third-order valence-corrected chi connectivity index (χ3v) is 2.79. The molecule has 0 heterocycles. The third kappa shape index (κ3) is 4.10. The van der Waals surface area contributed by atoms with Gasteiger partial charge in [0.25, 0.3) is 0 Å². The Bertz CT molecular complexity index is 141. The molecule has 1 fully saturated rings. The molecule has 0 radical (unpaired) electrons. The van der Waals surface area contributed by atoms with Gasteiger partial charge in [0.05, 0.1) is 6.10 Å². The van der Waals surface area contributed by atoms with E-state index in [1.54, 1.807) is 0 Å². The summed E-state index contributed by atoms with van der Waals surface area (Å²) < 4.78 is 5.57. The van der Waals surface area contributed by atoms with Crippen molar-refractivity contribution in [3.63, 3.8) is 0 Å². The van der Waals surface area contributed by atoms with E-state index in [1.807, 2.05) is 0 Å². The highest BCUT2D eigenvalue weighted by Crippen LogP contribution is 2.48. The van der Waals surface area contributed by atoms with Crippen molar-refractivity contribution in [3.05, 3.63) is 0 Å². The molecule has 0 amide bonds. The van der Waals surface area contributed by atoms with Gasteiger partial charge >= 0.3 is 0 Å². The summed E-state index contributed by atoms with van der Waals surface area (Å²) in [6.07, 6.45) is 4.40. The van der Waals surface area contributed by atoms with Crippen molar-refractivity contribution in [1.29, 1.82) is 0 Å². The zero-order valence-electron chi connectivity index (χ0n) is 9.23. The van der Waals surface area contributed by atoms with Gasteiger partial charge in [0, 0.05) is 13.2 Å². The maximum Gasteiger partial charge on any atom is 0.0518 e. The van der Waals surface area contributed by atoms with Crippen molar-refractivity contribution in [2.75, 3.05) is 19.7 Å². The van der Waals surface area contributed by atoms with Gasteiger partial charge in [-0.15, -0.1) is 0 Å². The van der Waals surface area contributed by atoms with E-state index < -0.39 is 0 Å². The second-order valence-corrected chi connectivity index (χ2v) is 4.45. The molecule has 1 saturated carbocycles. The molecule has 0 aromatic carbocycles. The summed E-state index contributed by atoms with van der Waals surface area (Å²) in [5.41, 5.74) is 0.602. The molecule has 0 aromatic heterocycles. The van der Waals surface area contributed by atoms with E-state index in [1.165, 1.54) is 25.8 Å². The Hall–Kier alpha value is -0.0800. The molecular formula is C11H23NO. The van der Waals surface area contributed by atoms with Crippen LogP contribution in [-0.2, 0) is 4.74 Å². The van der Waals surface area contributed by atoms with Gasteiger partial charge in [0.1, 0.15) is 0 Å². The number of ether oxygens (including phenoxy) is 1. The highest BCUT2D eigenvalue weighted by molar-refractivity contribution is 4.94. The van der Waals surface area contributed by atoms with Crippen LogP contribution in [0.5, 0.6) is 0 Å². The Labute approximate surface area is 82.0 Å². The molecule has 0 spiro atoms. The minimum Gasteiger partial charge on any atom is -0.379 e. The lowest BCUT2D eigenvalue weighted by atomic mass is 10.0. The Morgan fingerprint density at radius 3 is 2.54 bits per heavy atom. The Balaban J connectivity index is 2.05. The van der Waals surface area contributed by atoms with Gasteiger partial charge < -0.3 is 10.1 Å². The lowest BCUT2D eigenvalue weighted by Gasteiger charge is -2.16. The van der Waals surface area contributed by atoms with Crippen molar-refractivity contribution in [1.82, 2.24) is 5.32 Å². The lowest BCUT2D eigenvalue weighted by molar-refractivity contribution is 0.0659. The minimum absolute atomic E-state index is 0.384. The van der Waals surface area contributed by atoms with Crippen LogP contribution in [0.1, 0.15) is 40.0 Å². The van der Waals surface area contributed by atoms with Crippen molar-refractivity contribution in [2.45, 2.75) is 46.1 Å². The number of nitrogens with one attached hydrogen (secondary N) is 1. The van der Waals surface area contributed by atoms with Crippen LogP contribution < -0.4 is 5.32 Å². The van der Waals surface area contributed by atoms with Gasteiger partial charge in [-0.05, 0) is 45.1 Å². The number of rotatable bonds is 7. The van der Waals surface area contributed by atoms with Gasteiger partial charge in [-0.25, -0.2) is 0 Å². The van der Waals surface area contributed by atoms with E-state index in [0.29, 0.717) is 11.5 Å². The van der Waals surface area contributed by atoms with Gasteiger partial charge in [-0.1, -0.05) is 6.92 Å². The fourth-order valence-electron chi connectivity index (χ4n) is 1.59. The van der Waals surface area contributed by atoms with Gasteiger partial charge in [-0.2, -0.15) is 0 Å². The van der Waals surface area contributed by atoms with Gasteiger partial charge in [-0.3, -0.25) is 0 Å². The molecule has 78 valence electrons. The Morgan fingerprint density at radius 1 is 1.38 bits per heavy atom. The summed E-state index contributed by atoms with van der Waals surface area (Å²) in [5, 5.41) is 3.43. The molecule has 2 heteroatoms. The molecule has 0 saturated heterocycles. The summed E-state index contributed by atoms with van der Waals surface area (Å²) in [4.78, 5) is 0. The molecule has 1 aliphatic carbocycles. The summed E-state index contributed by atoms with van der Waals surface area (Å²) >= 11 is 0. The molecule has 0 aromatic rings. The predicted molar refractivity (Wildman–Crippen MR) is 55.9 cm³/mol. The van der Waals surface area contributed by atoms with Crippen LogP contribution in [0.15, 0.2) is 0 Å². The van der Waals surface area contributed by atoms with E-state index in [-0.39, 0.29) is 0 Å². The van der Waals surface area contributed by atoms with Crippen molar-refractivity contribution in [3.8, 4) is 0 Å². The zero-order valence-corrected chi connectivity index (χ0v) is 9.23. The highest BCUT2D eigenvalue weighted by Gasteiger charge is 2.41. The molecule has 1 N–H and O–H groups in total. The standard InChI is InChI=1S/C11H23NO/c1-4-12-9-11(5-6-11)7-8-13-10(2)3/h10,12H,4-9H2,1-3H3. The van der Waals surface area contributed by atoms with Crippen LogP contribution in [0.4, 0.5) is 0 Å². The summed E-state index contributed by atoms with van der Waals surface area (Å²) in [7, 11) is 0. The molecule has 13 heavy (non-hydrogen) atoms. The average Bonchev–Trinajstić information content (AvgIpc) is 2.82. The second-order valence-electron chi connectivity index (χ2n) is 4.45. The lowest BCUT2D eigenvalue weighted by Crippen LogP contribution is -2.25. The van der Waals surface area contributed by atoms with Crippen LogP contribution in [0.2, 0.25) is 0 Å². The summed E-state index contributed by atoms with van der Waals surface area (Å²) in [6.45, 7) is 9.58. The Kier molecular flexibility index (Phi) is 4.20. The smallest absolute Gasteiger partial charge is 0.0518 e. The third-order valence-electron chi connectivity index (χ3n) is 2.79. The van der Waals surface area contributed by atoms with Crippen LogP contribution in [0, 0.1) is 5.41 Å². The Morgan fingerprint density at radius 2 is 2.08 bits per heavy atom. The summed E-state index contributed by atoms with van der Waals surface area (Å²) in [6, 6.07) is 0.